The summed E-state index contributed by atoms with van der Waals surface area (Å²) in [4.78, 5) is 0. The van der Waals surface area contributed by atoms with E-state index < -0.39 is 11.6 Å². The maximum atomic E-state index is 13.4. The number of nitrogens with zero attached hydrogens (tertiary/aromatic N) is 1. The number of hydrogen-bond donors (Lipinski definition) is 2. The molecular formula is C16H19F2N3. The lowest BCUT2D eigenvalue weighted by molar-refractivity contribution is 0.354. The fraction of sp³-hybridized carbons (Fsp3) is 0.438. The van der Waals surface area contributed by atoms with Crippen LogP contribution >= 0.6 is 0 Å². The van der Waals surface area contributed by atoms with Gasteiger partial charge >= 0.3 is 0 Å². The molecule has 1 aliphatic carbocycles. The van der Waals surface area contributed by atoms with Gasteiger partial charge in [-0.1, -0.05) is 32.1 Å². The smallest absolute Gasteiger partial charge is 0.153 e. The van der Waals surface area contributed by atoms with Gasteiger partial charge in [0.2, 0.25) is 0 Å². The highest BCUT2D eigenvalue weighted by Crippen LogP contribution is 2.33. The fourth-order valence-electron chi connectivity index (χ4n) is 3.24. The molecule has 1 heterocycles. The molecule has 5 heteroatoms. The Bertz CT molecular complexity index is 610. The third kappa shape index (κ3) is 3.06. The summed E-state index contributed by atoms with van der Waals surface area (Å²) < 4.78 is 26.9. The molecule has 0 unspecified atom stereocenters. The molecule has 0 spiro atoms. The molecule has 1 aromatic heterocycles. The number of rotatable bonds is 3. The maximum Gasteiger partial charge on any atom is 0.153 e. The molecule has 1 saturated carbocycles. The van der Waals surface area contributed by atoms with E-state index in [0.717, 1.165) is 18.2 Å². The monoisotopic (exact) mass is 291 g/mol. The van der Waals surface area contributed by atoms with Crippen LogP contribution < -0.4 is 5.73 Å². The first kappa shape index (κ1) is 14.0. The first-order valence-electron chi connectivity index (χ1n) is 7.42. The van der Waals surface area contributed by atoms with Gasteiger partial charge in [0.25, 0.3) is 0 Å². The average Bonchev–Trinajstić information content (AvgIpc) is 2.80. The van der Waals surface area contributed by atoms with Gasteiger partial charge in [-0.25, -0.2) is 8.78 Å². The van der Waals surface area contributed by atoms with Gasteiger partial charge in [-0.2, -0.15) is 5.10 Å². The highest BCUT2D eigenvalue weighted by Gasteiger charge is 2.20. The zero-order valence-corrected chi connectivity index (χ0v) is 11.8. The van der Waals surface area contributed by atoms with Crippen LogP contribution in [0, 0.1) is 17.6 Å². The van der Waals surface area contributed by atoms with Gasteiger partial charge in [0.1, 0.15) is 11.6 Å². The lowest BCUT2D eigenvalue weighted by atomic mass is 9.85. The summed E-state index contributed by atoms with van der Waals surface area (Å²) in [7, 11) is 0. The molecule has 112 valence electrons. The SMILES string of the molecule is Nc1n[nH]c(CC2CCCCC2)c1-c1cc(F)cc(F)c1. The van der Waals surface area contributed by atoms with Crippen molar-refractivity contribution in [3.63, 3.8) is 0 Å². The number of hydrogen-bond acceptors (Lipinski definition) is 2. The Morgan fingerprint density at radius 2 is 1.76 bits per heavy atom. The third-order valence-electron chi connectivity index (χ3n) is 4.24. The fourth-order valence-corrected chi connectivity index (χ4v) is 3.24. The standard InChI is InChI=1S/C16H19F2N3/c17-12-7-11(8-13(18)9-12)15-14(20-21-16(15)19)6-10-4-2-1-3-5-10/h7-10H,1-6H2,(H3,19,20,21). The quantitative estimate of drug-likeness (QED) is 0.896. The second kappa shape index (κ2) is 5.84. The number of H-pyrrole nitrogens is 1. The number of aromatic amines is 1. The molecule has 3 rings (SSSR count). The number of nitrogens with two attached hydrogens (primary N) is 1. The largest absolute Gasteiger partial charge is 0.382 e. The maximum absolute atomic E-state index is 13.4. The van der Waals surface area contributed by atoms with Gasteiger partial charge < -0.3 is 5.73 Å². The number of benzene rings is 1. The summed E-state index contributed by atoms with van der Waals surface area (Å²) in [5.41, 5.74) is 7.86. The molecule has 0 bridgehead atoms. The molecule has 1 aliphatic rings. The van der Waals surface area contributed by atoms with Crippen LogP contribution in [-0.2, 0) is 6.42 Å². The lowest BCUT2D eigenvalue weighted by Crippen LogP contribution is -2.10. The van der Waals surface area contributed by atoms with E-state index in [1.165, 1.54) is 44.2 Å². The van der Waals surface area contributed by atoms with Crippen LogP contribution in [0.5, 0.6) is 0 Å². The Kier molecular flexibility index (Phi) is 3.90. The number of nitrogen functional groups attached to an aromatic ring is 1. The Morgan fingerprint density at radius 3 is 2.43 bits per heavy atom. The normalized spacial score (nSPS) is 16.3. The Balaban J connectivity index is 1.92. The Hall–Kier alpha value is -1.91. The van der Waals surface area contributed by atoms with Crippen LogP contribution in [0.15, 0.2) is 18.2 Å². The van der Waals surface area contributed by atoms with Crippen LogP contribution in [0.4, 0.5) is 14.6 Å². The minimum atomic E-state index is -0.603. The zero-order valence-electron chi connectivity index (χ0n) is 11.8. The third-order valence-corrected chi connectivity index (χ3v) is 4.24. The number of aromatic nitrogens is 2. The van der Waals surface area contributed by atoms with E-state index in [4.69, 9.17) is 5.73 Å². The predicted molar refractivity (Wildman–Crippen MR) is 78.6 cm³/mol. The first-order chi connectivity index (χ1) is 10.1. The molecule has 0 radical (unpaired) electrons. The van der Waals surface area contributed by atoms with Crippen LogP contribution in [0.2, 0.25) is 0 Å². The Labute approximate surface area is 122 Å². The van der Waals surface area contributed by atoms with E-state index in [9.17, 15) is 8.78 Å². The van der Waals surface area contributed by atoms with Gasteiger partial charge in [0, 0.05) is 17.3 Å². The molecule has 1 fully saturated rings. The minimum Gasteiger partial charge on any atom is -0.382 e. The number of anilines is 1. The van der Waals surface area contributed by atoms with Gasteiger partial charge in [-0.05, 0) is 30.0 Å². The van der Waals surface area contributed by atoms with E-state index in [-0.39, 0.29) is 0 Å². The molecule has 0 amide bonds. The van der Waals surface area contributed by atoms with Gasteiger partial charge in [0.05, 0.1) is 0 Å². The summed E-state index contributed by atoms with van der Waals surface area (Å²) in [5, 5.41) is 6.96. The van der Waals surface area contributed by atoms with Crippen LogP contribution in [-0.4, -0.2) is 10.2 Å². The second-order valence-corrected chi connectivity index (χ2v) is 5.83. The van der Waals surface area contributed by atoms with Crippen molar-refractivity contribution < 1.29 is 8.78 Å². The van der Waals surface area contributed by atoms with Crippen molar-refractivity contribution in [1.82, 2.24) is 10.2 Å². The highest BCUT2D eigenvalue weighted by molar-refractivity contribution is 5.76. The number of nitrogens with one attached hydrogen (secondary N) is 1. The second-order valence-electron chi connectivity index (χ2n) is 5.83. The molecule has 3 nitrogen and oxygen atoms in total. The lowest BCUT2D eigenvalue weighted by Gasteiger charge is -2.21. The van der Waals surface area contributed by atoms with Crippen molar-refractivity contribution in [3.8, 4) is 11.1 Å². The zero-order chi connectivity index (χ0) is 14.8. The van der Waals surface area contributed by atoms with E-state index in [2.05, 4.69) is 10.2 Å². The average molecular weight is 291 g/mol. The summed E-state index contributed by atoms with van der Waals surface area (Å²) >= 11 is 0. The topological polar surface area (TPSA) is 54.7 Å². The summed E-state index contributed by atoms with van der Waals surface area (Å²) in [5.74, 6) is -0.315. The van der Waals surface area contributed by atoms with Gasteiger partial charge in [0.15, 0.2) is 5.82 Å². The molecule has 21 heavy (non-hydrogen) atoms. The van der Waals surface area contributed by atoms with Crippen molar-refractivity contribution >= 4 is 5.82 Å². The predicted octanol–water partition coefficient (Wildman–Crippen LogP) is 4.06. The molecule has 3 N–H and O–H groups in total. The van der Waals surface area contributed by atoms with E-state index in [1.807, 2.05) is 0 Å². The minimum absolute atomic E-state index is 0.297. The number of halogens is 2. The van der Waals surface area contributed by atoms with Crippen molar-refractivity contribution in [1.29, 1.82) is 0 Å². The molecule has 0 atom stereocenters. The van der Waals surface area contributed by atoms with Crippen LogP contribution in [0.3, 0.4) is 0 Å². The molecule has 2 aromatic rings. The van der Waals surface area contributed by atoms with E-state index in [0.29, 0.717) is 22.9 Å². The van der Waals surface area contributed by atoms with Crippen molar-refractivity contribution in [3.05, 3.63) is 35.5 Å². The highest BCUT2D eigenvalue weighted by atomic mass is 19.1. The van der Waals surface area contributed by atoms with Gasteiger partial charge in [-0.3, -0.25) is 5.10 Å². The van der Waals surface area contributed by atoms with Gasteiger partial charge in [-0.15, -0.1) is 0 Å². The summed E-state index contributed by atoms with van der Waals surface area (Å²) in [6.45, 7) is 0. The van der Waals surface area contributed by atoms with E-state index in [1.54, 1.807) is 0 Å². The van der Waals surface area contributed by atoms with Crippen LogP contribution in [0.1, 0.15) is 37.8 Å². The summed E-state index contributed by atoms with van der Waals surface area (Å²) in [6.07, 6.45) is 7.00. The molecule has 1 aromatic carbocycles. The Morgan fingerprint density at radius 1 is 1.10 bits per heavy atom. The van der Waals surface area contributed by atoms with E-state index >= 15 is 0 Å². The van der Waals surface area contributed by atoms with Crippen molar-refractivity contribution in [2.24, 2.45) is 5.92 Å². The molecular weight excluding hydrogens is 272 g/mol. The summed E-state index contributed by atoms with van der Waals surface area (Å²) in [6, 6.07) is 3.46. The van der Waals surface area contributed by atoms with Crippen LogP contribution in [0.25, 0.3) is 11.1 Å². The van der Waals surface area contributed by atoms with Crippen molar-refractivity contribution in [2.75, 3.05) is 5.73 Å². The first-order valence-corrected chi connectivity index (χ1v) is 7.42. The molecule has 0 saturated heterocycles. The van der Waals surface area contributed by atoms with Crippen molar-refractivity contribution in [2.45, 2.75) is 38.5 Å². The molecule has 0 aliphatic heterocycles.